The molecule has 0 spiro atoms. The molecule has 2 aliphatic heterocycles. The van der Waals surface area contributed by atoms with Crippen LogP contribution in [0.3, 0.4) is 0 Å². The molecule has 1 amide bonds. The fourth-order valence-electron chi connectivity index (χ4n) is 4.06. The largest absolute Gasteiger partial charge is 0.491 e. The number of aryl methyl sites for hydroxylation is 1. The summed E-state index contributed by atoms with van der Waals surface area (Å²) in [5.41, 5.74) is 1.73. The number of carbonyl (C=O) groups excluding carboxylic acids is 1. The van der Waals surface area contributed by atoms with Gasteiger partial charge in [-0.2, -0.15) is 13.2 Å². The summed E-state index contributed by atoms with van der Waals surface area (Å²) < 4.78 is 44.6. The van der Waals surface area contributed by atoms with Crippen molar-refractivity contribution in [2.45, 2.75) is 25.1 Å². The summed E-state index contributed by atoms with van der Waals surface area (Å²) in [5, 5.41) is 13.2. The highest BCUT2D eigenvalue weighted by atomic mass is 19.4. The molecule has 2 aromatic carbocycles. The van der Waals surface area contributed by atoms with Crippen molar-refractivity contribution in [3.63, 3.8) is 0 Å². The maximum absolute atomic E-state index is 13.0. The van der Waals surface area contributed by atoms with Crippen LogP contribution in [-0.2, 0) is 17.4 Å². The van der Waals surface area contributed by atoms with Crippen molar-refractivity contribution in [2.24, 2.45) is 0 Å². The number of carbonyl (C=O) groups is 1. The van der Waals surface area contributed by atoms with Gasteiger partial charge < -0.3 is 20.1 Å². The number of halogens is 3. The van der Waals surface area contributed by atoms with Gasteiger partial charge in [-0.05, 0) is 48.4 Å². The Morgan fingerprint density at radius 2 is 1.84 bits per heavy atom. The van der Waals surface area contributed by atoms with E-state index in [9.17, 15) is 23.1 Å². The first kappa shape index (κ1) is 22.4. The zero-order valence-electron chi connectivity index (χ0n) is 17.6. The van der Waals surface area contributed by atoms with E-state index in [-0.39, 0.29) is 12.5 Å². The molecule has 2 heterocycles. The number of nitrogens with zero attached hydrogens (tertiary/aromatic N) is 2. The maximum Gasteiger partial charge on any atom is 0.416 e. The first-order chi connectivity index (χ1) is 15.3. The number of β-amino-alcohol motifs (C(OH)–C–C–N with tert-alkyl or cyclic N) is 1. The standard InChI is InChI=1S/C23H26F3N3O3/c24-23(25,26)17-2-1-3-18(13-17)29-10-8-28(9-11-29)14-19(30)15-32-20-5-6-21-16(12-20)4-7-22(31)27-21/h1-3,5-6,12-13,19,30H,4,7-11,14-15H2,(H,27,31). The molecule has 0 bridgehead atoms. The Balaban J connectivity index is 1.24. The second kappa shape index (κ2) is 9.38. The minimum atomic E-state index is -4.35. The number of hydrogen-bond donors (Lipinski definition) is 2. The number of ether oxygens (including phenoxy) is 1. The van der Waals surface area contributed by atoms with E-state index in [4.69, 9.17) is 4.74 Å². The van der Waals surface area contributed by atoms with Crippen LogP contribution in [0, 0.1) is 0 Å². The van der Waals surface area contributed by atoms with E-state index in [1.54, 1.807) is 18.2 Å². The number of nitrogens with one attached hydrogen (secondary N) is 1. The molecule has 2 N–H and O–H groups in total. The Labute approximate surface area is 184 Å². The van der Waals surface area contributed by atoms with Gasteiger partial charge in [0.1, 0.15) is 18.5 Å². The van der Waals surface area contributed by atoms with E-state index in [1.807, 2.05) is 11.0 Å². The highest BCUT2D eigenvalue weighted by Gasteiger charge is 2.31. The third-order valence-electron chi connectivity index (χ3n) is 5.79. The fraction of sp³-hybridized carbons (Fsp3) is 0.435. The van der Waals surface area contributed by atoms with Crippen molar-refractivity contribution in [3.8, 4) is 5.75 Å². The van der Waals surface area contributed by atoms with Gasteiger partial charge in [0.05, 0.1) is 5.56 Å². The first-order valence-electron chi connectivity index (χ1n) is 10.7. The Kier molecular flexibility index (Phi) is 6.57. The summed E-state index contributed by atoms with van der Waals surface area (Å²) in [6.45, 7) is 3.03. The molecule has 1 unspecified atom stereocenters. The zero-order valence-corrected chi connectivity index (χ0v) is 17.6. The topological polar surface area (TPSA) is 65.0 Å². The summed E-state index contributed by atoms with van der Waals surface area (Å²) >= 11 is 0. The van der Waals surface area contributed by atoms with Crippen LogP contribution in [0.25, 0.3) is 0 Å². The summed E-state index contributed by atoms with van der Waals surface area (Å²) in [4.78, 5) is 15.5. The molecule has 1 atom stereocenters. The number of amides is 1. The van der Waals surface area contributed by atoms with Gasteiger partial charge in [-0.1, -0.05) is 6.07 Å². The Hall–Kier alpha value is -2.78. The predicted octanol–water partition coefficient (Wildman–Crippen LogP) is 3.15. The lowest BCUT2D eigenvalue weighted by Gasteiger charge is -2.37. The van der Waals surface area contributed by atoms with Crippen LogP contribution in [0.1, 0.15) is 17.5 Å². The molecular weight excluding hydrogens is 423 g/mol. The average molecular weight is 449 g/mol. The van der Waals surface area contributed by atoms with Crippen molar-refractivity contribution < 1.29 is 27.8 Å². The normalized spacial score (nSPS) is 18.1. The summed E-state index contributed by atoms with van der Waals surface area (Å²) in [5.74, 6) is 0.656. The van der Waals surface area contributed by atoms with Crippen LogP contribution >= 0.6 is 0 Å². The molecule has 32 heavy (non-hydrogen) atoms. The Morgan fingerprint density at radius 3 is 2.59 bits per heavy atom. The molecule has 9 heteroatoms. The number of piperazine rings is 1. The van der Waals surface area contributed by atoms with Gasteiger partial charge in [-0.15, -0.1) is 0 Å². The lowest BCUT2D eigenvalue weighted by atomic mass is 10.0. The highest BCUT2D eigenvalue weighted by Crippen LogP contribution is 2.32. The van der Waals surface area contributed by atoms with Gasteiger partial charge in [-0.25, -0.2) is 0 Å². The second-order valence-electron chi connectivity index (χ2n) is 8.17. The maximum atomic E-state index is 13.0. The van der Waals surface area contributed by atoms with Crippen LogP contribution in [0.2, 0.25) is 0 Å². The lowest BCUT2D eigenvalue weighted by molar-refractivity contribution is -0.137. The molecule has 0 radical (unpaired) electrons. The van der Waals surface area contributed by atoms with Crippen molar-refractivity contribution in [1.82, 2.24) is 4.90 Å². The van der Waals surface area contributed by atoms with Crippen molar-refractivity contribution >= 4 is 17.3 Å². The van der Waals surface area contributed by atoms with E-state index in [2.05, 4.69) is 10.2 Å². The zero-order chi connectivity index (χ0) is 22.7. The summed E-state index contributed by atoms with van der Waals surface area (Å²) in [6.07, 6.45) is -3.93. The molecule has 0 aromatic heterocycles. The van der Waals surface area contributed by atoms with Crippen LogP contribution in [0.5, 0.6) is 5.75 Å². The lowest BCUT2D eigenvalue weighted by Crippen LogP contribution is -2.49. The van der Waals surface area contributed by atoms with Gasteiger partial charge in [0, 0.05) is 50.5 Å². The van der Waals surface area contributed by atoms with E-state index in [0.717, 1.165) is 17.3 Å². The molecule has 2 aromatic rings. The van der Waals surface area contributed by atoms with Crippen molar-refractivity contribution in [3.05, 3.63) is 53.6 Å². The molecule has 1 fully saturated rings. The number of aliphatic hydroxyl groups excluding tert-OH is 1. The molecule has 1 saturated heterocycles. The van der Waals surface area contributed by atoms with E-state index < -0.39 is 17.8 Å². The second-order valence-corrected chi connectivity index (χ2v) is 8.17. The third kappa shape index (κ3) is 5.52. The molecule has 4 rings (SSSR count). The third-order valence-corrected chi connectivity index (χ3v) is 5.79. The number of hydrogen-bond acceptors (Lipinski definition) is 5. The van der Waals surface area contributed by atoms with E-state index in [0.29, 0.717) is 57.0 Å². The number of anilines is 2. The number of alkyl halides is 3. The van der Waals surface area contributed by atoms with Crippen molar-refractivity contribution in [1.29, 1.82) is 0 Å². The Bertz CT molecular complexity index is 959. The number of fused-ring (bicyclic) bond motifs is 1. The van der Waals surface area contributed by atoms with Crippen LogP contribution < -0.4 is 15.0 Å². The van der Waals surface area contributed by atoms with Gasteiger partial charge in [0.2, 0.25) is 5.91 Å². The minimum absolute atomic E-state index is 0.00902. The predicted molar refractivity (Wildman–Crippen MR) is 115 cm³/mol. The Morgan fingerprint density at radius 1 is 1.06 bits per heavy atom. The van der Waals surface area contributed by atoms with Gasteiger partial charge >= 0.3 is 6.18 Å². The molecular formula is C23H26F3N3O3. The SMILES string of the molecule is O=C1CCc2cc(OCC(O)CN3CCN(c4cccc(C(F)(F)F)c4)CC3)ccc2N1. The monoisotopic (exact) mass is 449 g/mol. The minimum Gasteiger partial charge on any atom is -0.491 e. The summed E-state index contributed by atoms with van der Waals surface area (Å²) in [7, 11) is 0. The molecule has 172 valence electrons. The summed E-state index contributed by atoms with van der Waals surface area (Å²) in [6, 6.07) is 10.8. The van der Waals surface area contributed by atoms with E-state index in [1.165, 1.54) is 12.1 Å². The van der Waals surface area contributed by atoms with Gasteiger partial charge in [0.15, 0.2) is 0 Å². The molecule has 6 nitrogen and oxygen atoms in total. The van der Waals surface area contributed by atoms with Gasteiger partial charge in [-0.3, -0.25) is 9.69 Å². The molecule has 0 aliphatic carbocycles. The molecule has 2 aliphatic rings. The fourth-order valence-corrected chi connectivity index (χ4v) is 4.06. The number of aliphatic hydroxyl groups is 1. The smallest absolute Gasteiger partial charge is 0.416 e. The number of benzene rings is 2. The van der Waals surface area contributed by atoms with E-state index >= 15 is 0 Å². The molecule has 0 saturated carbocycles. The van der Waals surface area contributed by atoms with Crippen LogP contribution in [-0.4, -0.2) is 61.3 Å². The van der Waals surface area contributed by atoms with Gasteiger partial charge in [0.25, 0.3) is 0 Å². The van der Waals surface area contributed by atoms with Crippen LogP contribution in [0.15, 0.2) is 42.5 Å². The number of rotatable bonds is 6. The average Bonchev–Trinajstić information content (AvgIpc) is 2.78. The first-order valence-corrected chi connectivity index (χ1v) is 10.7. The van der Waals surface area contributed by atoms with Crippen molar-refractivity contribution in [2.75, 3.05) is 49.5 Å². The highest BCUT2D eigenvalue weighted by molar-refractivity contribution is 5.94. The van der Waals surface area contributed by atoms with Crippen LogP contribution in [0.4, 0.5) is 24.5 Å². The quantitative estimate of drug-likeness (QED) is 0.710.